The quantitative estimate of drug-likeness (QED) is 0.0848. The summed E-state index contributed by atoms with van der Waals surface area (Å²) in [4.78, 5) is 0. The summed E-state index contributed by atoms with van der Waals surface area (Å²) < 4.78 is 10.3. The Labute approximate surface area is 199 Å². The van der Waals surface area contributed by atoms with Crippen LogP contribution in [0.1, 0.15) is 180 Å². The molecule has 0 aliphatic rings. The van der Waals surface area contributed by atoms with Gasteiger partial charge in [-0.25, -0.2) is 0 Å². The predicted molar refractivity (Wildman–Crippen MR) is 143 cm³/mol. The minimum atomic E-state index is 0.331. The molecule has 0 amide bonds. The maximum atomic E-state index is 10.3. The first kappa shape index (κ1) is 31.1. The van der Waals surface area contributed by atoms with Crippen molar-refractivity contribution in [3.63, 3.8) is 0 Å². The Morgan fingerprint density at radius 1 is 0.323 bits per heavy atom. The summed E-state index contributed by atoms with van der Waals surface area (Å²) in [6.45, 7) is 2.30. The molecule has 0 bridgehead atoms. The van der Waals surface area contributed by atoms with Gasteiger partial charge in [-0.05, 0) is 6.42 Å². The van der Waals surface area contributed by atoms with Crippen LogP contribution < -0.4 is 0 Å². The molecule has 31 heavy (non-hydrogen) atoms. The first-order valence-electron chi connectivity index (χ1n) is 14.7. The Morgan fingerprint density at radius 2 is 0.516 bits per heavy atom. The van der Waals surface area contributed by atoms with Gasteiger partial charge in [-0.2, -0.15) is 0 Å². The van der Waals surface area contributed by atoms with Gasteiger partial charge in [0.05, 0.1) is 0 Å². The van der Waals surface area contributed by atoms with Gasteiger partial charge in [-0.15, -0.1) is 0 Å². The molecule has 0 radical (unpaired) electrons. The lowest BCUT2D eigenvalue weighted by molar-refractivity contribution is 0.515. The van der Waals surface area contributed by atoms with E-state index in [2.05, 4.69) is 6.92 Å². The molecule has 0 spiro atoms. The molecule has 186 valence electrons. The zero-order valence-corrected chi connectivity index (χ0v) is 22.5. The molecular formula is C29H59OP. The van der Waals surface area contributed by atoms with Crippen LogP contribution in [-0.4, -0.2) is 6.16 Å². The van der Waals surface area contributed by atoms with Crippen LogP contribution in [0.4, 0.5) is 0 Å². The number of unbranched alkanes of at least 4 members (excludes halogenated alkanes) is 26. The van der Waals surface area contributed by atoms with E-state index in [0.717, 1.165) is 12.6 Å². The maximum Gasteiger partial charge on any atom is 0.155 e. The lowest BCUT2D eigenvalue weighted by atomic mass is 10.0. The van der Waals surface area contributed by atoms with Crippen LogP contribution >= 0.6 is 8.46 Å². The lowest BCUT2D eigenvalue weighted by Crippen LogP contribution is -1.85. The Hall–Kier alpha value is 0.100. The Morgan fingerprint density at radius 3 is 0.710 bits per heavy atom. The van der Waals surface area contributed by atoms with Crippen LogP contribution in [0.15, 0.2) is 0 Å². The monoisotopic (exact) mass is 454 g/mol. The molecule has 0 fully saturated rings. The van der Waals surface area contributed by atoms with Crippen LogP contribution in [0, 0.1) is 0 Å². The molecule has 0 atom stereocenters. The second kappa shape index (κ2) is 30.1. The summed E-state index contributed by atoms with van der Waals surface area (Å²) in [6.07, 6.45) is 39.6. The average Bonchev–Trinajstić information content (AvgIpc) is 2.78. The van der Waals surface area contributed by atoms with E-state index in [9.17, 15) is 4.57 Å². The molecule has 0 aliphatic heterocycles. The van der Waals surface area contributed by atoms with Gasteiger partial charge >= 0.3 is 0 Å². The van der Waals surface area contributed by atoms with Crippen molar-refractivity contribution in [1.29, 1.82) is 0 Å². The minimum absolute atomic E-state index is 0.331. The van der Waals surface area contributed by atoms with Gasteiger partial charge in [0.2, 0.25) is 0 Å². The molecular weight excluding hydrogens is 395 g/mol. The zero-order chi connectivity index (χ0) is 22.5. The van der Waals surface area contributed by atoms with Gasteiger partial charge < -0.3 is 0 Å². The number of hydrogen-bond donors (Lipinski definition) is 0. The van der Waals surface area contributed by atoms with E-state index < -0.39 is 0 Å². The van der Waals surface area contributed by atoms with Gasteiger partial charge in [0, 0.05) is 6.16 Å². The normalized spacial score (nSPS) is 11.5. The summed E-state index contributed by atoms with van der Waals surface area (Å²) >= 11 is 0. The van der Waals surface area contributed by atoms with Crippen LogP contribution in [0.25, 0.3) is 0 Å². The van der Waals surface area contributed by atoms with Crippen molar-refractivity contribution >= 4 is 8.46 Å². The highest BCUT2D eigenvalue weighted by Crippen LogP contribution is 2.16. The van der Waals surface area contributed by atoms with Crippen LogP contribution in [0.5, 0.6) is 0 Å². The molecule has 0 heterocycles. The van der Waals surface area contributed by atoms with E-state index in [4.69, 9.17) is 0 Å². The Bertz CT molecular complexity index is 318. The standard InChI is InChI=1S/C29H59OP/c1-2-3-4-5-6-7-8-9-10-11-12-13-14-15-16-17-18-19-20-21-22-23-24-25-26-27-28-29-31-30/h2-29H2,1H3. The van der Waals surface area contributed by atoms with Crippen LogP contribution in [0.2, 0.25) is 0 Å². The fourth-order valence-corrected chi connectivity index (χ4v) is 5.02. The van der Waals surface area contributed by atoms with Crippen LogP contribution in [0.3, 0.4) is 0 Å². The maximum absolute atomic E-state index is 10.3. The molecule has 1 nitrogen and oxygen atoms in total. The molecule has 0 unspecified atom stereocenters. The van der Waals surface area contributed by atoms with Crippen molar-refractivity contribution in [1.82, 2.24) is 0 Å². The van der Waals surface area contributed by atoms with E-state index in [1.165, 1.54) is 167 Å². The Kier molecular flexibility index (Phi) is 30.2. The van der Waals surface area contributed by atoms with E-state index in [1.54, 1.807) is 0 Å². The van der Waals surface area contributed by atoms with Crippen molar-refractivity contribution < 1.29 is 4.57 Å². The highest BCUT2D eigenvalue weighted by molar-refractivity contribution is 7.23. The molecule has 2 heteroatoms. The summed E-state index contributed by atoms with van der Waals surface area (Å²) in [7, 11) is 0.331. The highest BCUT2D eigenvalue weighted by Gasteiger charge is 1.96. The molecule has 0 aromatic rings. The first-order chi connectivity index (χ1) is 15.4. The third kappa shape index (κ3) is 30.1. The molecule has 0 aliphatic carbocycles. The molecule has 0 aromatic heterocycles. The van der Waals surface area contributed by atoms with Crippen molar-refractivity contribution in [2.75, 3.05) is 6.16 Å². The summed E-state index contributed by atoms with van der Waals surface area (Å²) in [5.74, 6) is 0. The number of hydrogen-bond acceptors (Lipinski definition) is 1. The second-order valence-electron chi connectivity index (χ2n) is 10.0. The SMILES string of the molecule is CCCCCCCCCCCCCCCCCCCCCCCCCCCCCP=O. The van der Waals surface area contributed by atoms with Crippen LogP contribution in [-0.2, 0) is 4.57 Å². The molecule has 0 rings (SSSR count). The minimum Gasteiger partial charge on any atom is -0.275 e. The van der Waals surface area contributed by atoms with Crippen molar-refractivity contribution in [3.8, 4) is 0 Å². The summed E-state index contributed by atoms with van der Waals surface area (Å²) in [5.41, 5.74) is 0. The predicted octanol–water partition coefficient (Wildman–Crippen LogP) is 11.8. The smallest absolute Gasteiger partial charge is 0.155 e. The van der Waals surface area contributed by atoms with Crippen molar-refractivity contribution in [2.45, 2.75) is 180 Å². The fourth-order valence-electron chi connectivity index (χ4n) is 4.67. The van der Waals surface area contributed by atoms with Gasteiger partial charge in [-0.1, -0.05) is 174 Å². The lowest BCUT2D eigenvalue weighted by Gasteiger charge is -2.04. The zero-order valence-electron chi connectivity index (χ0n) is 21.7. The molecule has 0 N–H and O–H groups in total. The van der Waals surface area contributed by atoms with Gasteiger partial charge in [0.1, 0.15) is 0 Å². The van der Waals surface area contributed by atoms with E-state index >= 15 is 0 Å². The van der Waals surface area contributed by atoms with Gasteiger partial charge in [0.25, 0.3) is 0 Å². The third-order valence-corrected chi connectivity index (χ3v) is 7.35. The Balaban J connectivity index is 2.98. The van der Waals surface area contributed by atoms with E-state index in [-0.39, 0.29) is 0 Å². The average molecular weight is 455 g/mol. The van der Waals surface area contributed by atoms with E-state index in [1.807, 2.05) is 0 Å². The van der Waals surface area contributed by atoms with Gasteiger partial charge in [0.15, 0.2) is 8.46 Å². The first-order valence-corrected chi connectivity index (χ1v) is 15.7. The molecule has 0 aromatic carbocycles. The third-order valence-electron chi connectivity index (χ3n) is 6.85. The summed E-state index contributed by atoms with van der Waals surface area (Å²) in [6, 6.07) is 0. The number of rotatable bonds is 28. The van der Waals surface area contributed by atoms with E-state index in [0.29, 0.717) is 8.46 Å². The largest absolute Gasteiger partial charge is 0.275 e. The van der Waals surface area contributed by atoms with Crippen molar-refractivity contribution in [2.24, 2.45) is 0 Å². The molecule has 0 saturated carbocycles. The summed E-state index contributed by atoms with van der Waals surface area (Å²) in [5, 5.41) is 0. The fraction of sp³-hybridized carbons (Fsp3) is 1.00. The topological polar surface area (TPSA) is 17.1 Å². The molecule has 0 saturated heterocycles. The van der Waals surface area contributed by atoms with Crippen molar-refractivity contribution in [3.05, 3.63) is 0 Å². The second-order valence-corrected chi connectivity index (χ2v) is 10.8. The van der Waals surface area contributed by atoms with Gasteiger partial charge in [-0.3, -0.25) is 4.57 Å². The highest BCUT2D eigenvalue weighted by atomic mass is 31.1.